The van der Waals surface area contributed by atoms with Crippen LogP contribution in [0.4, 0.5) is 0 Å². The van der Waals surface area contributed by atoms with E-state index in [1.165, 1.54) is 0 Å². The molecule has 0 spiro atoms. The van der Waals surface area contributed by atoms with Crippen LogP contribution in [0.15, 0.2) is 17.0 Å². The second-order valence-corrected chi connectivity index (χ2v) is 6.56. The molecule has 0 saturated heterocycles. The van der Waals surface area contributed by atoms with Crippen molar-refractivity contribution in [3.63, 3.8) is 0 Å². The zero-order valence-electron chi connectivity index (χ0n) is 11.0. The predicted octanol–water partition coefficient (Wildman–Crippen LogP) is 2.00. The van der Waals surface area contributed by atoms with Gasteiger partial charge < -0.3 is 5.32 Å². The van der Waals surface area contributed by atoms with E-state index in [9.17, 15) is 8.42 Å². The van der Waals surface area contributed by atoms with E-state index in [1.54, 1.807) is 6.07 Å². The largest absolute Gasteiger partial charge is 0.320 e. The molecule has 1 N–H and O–H groups in total. The lowest BCUT2D eigenvalue weighted by Crippen LogP contribution is -2.15. The molecule has 0 heterocycles. The summed E-state index contributed by atoms with van der Waals surface area (Å²) in [6.45, 7) is 6.53. The minimum atomic E-state index is -3.14. The first-order valence-electron chi connectivity index (χ1n) is 5.83. The highest BCUT2D eigenvalue weighted by Crippen LogP contribution is 2.21. The molecule has 1 rings (SSSR count). The summed E-state index contributed by atoms with van der Waals surface area (Å²) in [7, 11) is -1.32. The first-order chi connectivity index (χ1) is 7.88. The molecule has 3 nitrogen and oxygen atoms in total. The molecule has 0 aliphatic heterocycles. The summed E-state index contributed by atoms with van der Waals surface area (Å²) in [6, 6.07) is 3.74. The van der Waals surface area contributed by atoms with E-state index in [0.29, 0.717) is 11.3 Å². The number of hydrogen-bond donors (Lipinski definition) is 1. The van der Waals surface area contributed by atoms with Crippen LogP contribution in [0.1, 0.15) is 23.1 Å². The van der Waals surface area contributed by atoms with Crippen molar-refractivity contribution >= 4 is 9.84 Å². The monoisotopic (exact) mass is 255 g/mol. The molecule has 0 atom stereocenters. The van der Waals surface area contributed by atoms with Gasteiger partial charge in [-0.05, 0) is 63.5 Å². The average Bonchev–Trinajstić information content (AvgIpc) is 2.23. The Morgan fingerprint density at radius 2 is 1.65 bits per heavy atom. The maximum atomic E-state index is 12.2. The summed E-state index contributed by atoms with van der Waals surface area (Å²) < 4.78 is 24.3. The number of hydrogen-bond acceptors (Lipinski definition) is 3. The van der Waals surface area contributed by atoms with E-state index in [1.807, 2.05) is 33.9 Å². The Morgan fingerprint density at radius 1 is 1.06 bits per heavy atom. The van der Waals surface area contributed by atoms with Crippen LogP contribution in [-0.2, 0) is 9.84 Å². The third kappa shape index (κ3) is 3.54. The fourth-order valence-electron chi connectivity index (χ4n) is 1.82. The van der Waals surface area contributed by atoms with Gasteiger partial charge in [0.1, 0.15) is 0 Å². The van der Waals surface area contributed by atoms with Gasteiger partial charge >= 0.3 is 0 Å². The summed E-state index contributed by atoms with van der Waals surface area (Å²) in [5, 5.41) is 2.96. The predicted molar refractivity (Wildman–Crippen MR) is 71.2 cm³/mol. The maximum Gasteiger partial charge on any atom is 0.178 e. The quantitative estimate of drug-likeness (QED) is 0.819. The first-order valence-corrected chi connectivity index (χ1v) is 7.49. The van der Waals surface area contributed by atoms with Crippen molar-refractivity contribution in [3.05, 3.63) is 28.8 Å². The third-order valence-corrected chi connectivity index (χ3v) is 4.90. The Morgan fingerprint density at radius 3 is 2.24 bits per heavy atom. The van der Waals surface area contributed by atoms with Crippen molar-refractivity contribution in [1.29, 1.82) is 0 Å². The van der Waals surface area contributed by atoms with Crippen LogP contribution in [-0.4, -0.2) is 27.8 Å². The SMILES string of the molecule is CNCCCS(=O)(=O)c1cc(C)c(C)cc1C. The van der Waals surface area contributed by atoms with Gasteiger partial charge in [-0.25, -0.2) is 8.42 Å². The molecule has 4 heteroatoms. The van der Waals surface area contributed by atoms with Crippen LogP contribution < -0.4 is 5.32 Å². The highest BCUT2D eigenvalue weighted by molar-refractivity contribution is 7.91. The minimum Gasteiger partial charge on any atom is -0.320 e. The van der Waals surface area contributed by atoms with Crippen LogP contribution in [0.5, 0.6) is 0 Å². The molecular weight excluding hydrogens is 234 g/mol. The van der Waals surface area contributed by atoms with E-state index < -0.39 is 9.84 Å². The van der Waals surface area contributed by atoms with Crippen molar-refractivity contribution in [1.82, 2.24) is 5.32 Å². The van der Waals surface area contributed by atoms with E-state index in [0.717, 1.165) is 23.2 Å². The Kier molecular flexibility index (Phi) is 4.71. The molecule has 0 saturated carbocycles. The molecule has 0 aromatic heterocycles. The lowest BCUT2D eigenvalue weighted by molar-refractivity contribution is 0.591. The van der Waals surface area contributed by atoms with Crippen LogP contribution >= 0.6 is 0 Å². The van der Waals surface area contributed by atoms with Gasteiger partial charge in [-0.3, -0.25) is 0 Å². The summed E-state index contributed by atoms with van der Waals surface area (Å²) in [4.78, 5) is 0.483. The van der Waals surface area contributed by atoms with Crippen LogP contribution in [0.3, 0.4) is 0 Å². The van der Waals surface area contributed by atoms with Gasteiger partial charge in [0, 0.05) is 0 Å². The van der Waals surface area contributed by atoms with Crippen molar-refractivity contribution in [2.75, 3.05) is 19.3 Å². The molecule has 0 aliphatic rings. The van der Waals surface area contributed by atoms with E-state index in [-0.39, 0.29) is 5.75 Å². The van der Waals surface area contributed by atoms with E-state index in [4.69, 9.17) is 0 Å². The zero-order valence-corrected chi connectivity index (χ0v) is 11.8. The summed E-state index contributed by atoms with van der Waals surface area (Å²) in [5.74, 6) is 0.206. The molecule has 0 fully saturated rings. The Balaban J connectivity index is 3.03. The van der Waals surface area contributed by atoms with Gasteiger partial charge in [0.2, 0.25) is 0 Å². The lowest BCUT2D eigenvalue weighted by Gasteiger charge is -2.10. The number of nitrogens with one attached hydrogen (secondary N) is 1. The van der Waals surface area contributed by atoms with Gasteiger partial charge in [0.15, 0.2) is 9.84 Å². The maximum absolute atomic E-state index is 12.2. The van der Waals surface area contributed by atoms with Crippen LogP contribution in [0.25, 0.3) is 0 Å². The molecule has 0 amide bonds. The van der Waals surface area contributed by atoms with Crippen molar-refractivity contribution < 1.29 is 8.42 Å². The highest BCUT2D eigenvalue weighted by Gasteiger charge is 2.17. The minimum absolute atomic E-state index is 0.206. The van der Waals surface area contributed by atoms with Crippen LogP contribution in [0, 0.1) is 20.8 Å². The van der Waals surface area contributed by atoms with Gasteiger partial charge in [0.05, 0.1) is 10.6 Å². The Bertz CT molecular complexity index is 492. The third-order valence-electron chi connectivity index (χ3n) is 2.97. The average molecular weight is 255 g/mol. The van der Waals surface area contributed by atoms with Gasteiger partial charge in [0.25, 0.3) is 0 Å². The molecule has 0 aliphatic carbocycles. The second kappa shape index (κ2) is 5.65. The molecule has 0 unspecified atom stereocenters. The number of rotatable bonds is 5. The fraction of sp³-hybridized carbons (Fsp3) is 0.538. The lowest BCUT2D eigenvalue weighted by atomic mass is 10.1. The summed E-state index contributed by atoms with van der Waals surface area (Å²) in [5.41, 5.74) is 3.01. The standard InChI is InChI=1S/C13H21NO2S/c1-10-8-12(3)13(9-11(10)2)17(15,16)7-5-6-14-4/h8-9,14H,5-7H2,1-4H3. The Hall–Kier alpha value is -0.870. The summed E-state index contributed by atoms with van der Waals surface area (Å²) >= 11 is 0. The Labute approximate surface area is 104 Å². The smallest absolute Gasteiger partial charge is 0.178 e. The molecular formula is C13H21NO2S. The van der Waals surface area contributed by atoms with E-state index >= 15 is 0 Å². The van der Waals surface area contributed by atoms with Gasteiger partial charge in [-0.1, -0.05) is 6.07 Å². The normalized spacial score (nSPS) is 11.8. The molecule has 17 heavy (non-hydrogen) atoms. The number of sulfone groups is 1. The second-order valence-electron chi connectivity index (χ2n) is 4.48. The number of benzene rings is 1. The van der Waals surface area contributed by atoms with Crippen LogP contribution in [0.2, 0.25) is 0 Å². The molecule has 0 bridgehead atoms. The number of aryl methyl sites for hydroxylation is 3. The fourth-order valence-corrected chi connectivity index (χ4v) is 3.47. The first kappa shape index (κ1) is 14.2. The van der Waals surface area contributed by atoms with Gasteiger partial charge in [-0.15, -0.1) is 0 Å². The van der Waals surface area contributed by atoms with Crippen molar-refractivity contribution in [3.8, 4) is 0 Å². The van der Waals surface area contributed by atoms with Gasteiger partial charge in [-0.2, -0.15) is 0 Å². The zero-order chi connectivity index (χ0) is 13.1. The topological polar surface area (TPSA) is 46.2 Å². The van der Waals surface area contributed by atoms with E-state index in [2.05, 4.69) is 5.32 Å². The molecule has 1 aromatic carbocycles. The summed E-state index contributed by atoms with van der Waals surface area (Å²) in [6.07, 6.45) is 0.644. The molecule has 96 valence electrons. The van der Waals surface area contributed by atoms with Crippen molar-refractivity contribution in [2.24, 2.45) is 0 Å². The molecule has 1 aromatic rings. The molecule has 0 radical (unpaired) electrons. The van der Waals surface area contributed by atoms with Crippen molar-refractivity contribution in [2.45, 2.75) is 32.1 Å². The highest BCUT2D eigenvalue weighted by atomic mass is 32.2.